The lowest BCUT2D eigenvalue weighted by atomic mass is 10.1. The second kappa shape index (κ2) is 6.72. The van der Waals surface area contributed by atoms with Gasteiger partial charge in [0.15, 0.2) is 11.6 Å². The van der Waals surface area contributed by atoms with Crippen molar-refractivity contribution in [1.82, 2.24) is 14.8 Å². The van der Waals surface area contributed by atoms with E-state index in [1.54, 1.807) is 0 Å². The zero-order valence-electron chi connectivity index (χ0n) is 12.7. The molecule has 1 aromatic heterocycles. The molecule has 9 heteroatoms. The Bertz CT molecular complexity index is 909. The smallest absolute Gasteiger partial charge is 0.387 e. The Hall–Kier alpha value is -2.61. The van der Waals surface area contributed by atoms with Crippen molar-refractivity contribution in [2.24, 2.45) is 7.05 Å². The maximum Gasteiger partial charge on any atom is 0.387 e. The van der Waals surface area contributed by atoms with Crippen molar-refractivity contribution in [2.45, 2.75) is 6.61 Å². The molecule has 0 unspecified atom stereocenters. The summed E-state index contributed by atoms with van der Waals surface area (Å²) in [5.74, 6) is -1.66. The first-order valence-corrected chi connectivity index (χ1v) is 7.34. The van der Waals surface area contributed by atoms with Gasteiger partial charge in [-0.1, -0.05) is 17.7 Å². The van der Waals surface area contributed by atoms with Crippen molar-refractivity contribution in [3.63, 3.8) is 0 Å². The Balaban J connectivity index is 2.11. The number of hydrogen-bond acceptors (Lipinski definition) is 3. The Labute approximate surface area is 144 Å². The third kappa shape index (κ3) is 3.30. The summed E-state index contributed by atoms with van der Waals surface area (Å²) in [6.45, 7) is -3.00. The molecule has 0 bridgehead atoms. The number of benzene rings is 2. The van der Waals surface area contributed by atoms with Crippen molar-refractivity contribution in [3.8, 4) is 28.5 Å². The first-order chi connectivity index (χ1) is 11.9. The summed E-state index contributed by atoms with van der Waals surface area (Å²) in [6, 6.07) is 7.29. The average Bonchev–Trinajstić information content (AvgIpc) is 2.90. The third-order valence-electron chi connectivity index (χ3n) is 3.47. The van der Waals surface area contributed by atoms with Gasteiger partial charge in [-0.05, 0) is 30.3 Å². The van der Waals surface area contributed by atoms with Crippen LogP contribution in [0.25, 0.3) is 22.8 Å². The van der Waals surface area contributed by atoms with E-state index >= 15 is 0 Å². The lowest BCUT2D eigenvalue weighted by molar-refractivity contribution is -0.0498. The summed E-state index contributed by atoms with van der Waals surface area (Å²) in [4.78, 5) is 0. The lowest BCUT2D eigenvalue weighted by Crippen LogP contribution is -2.03. The van der Waals surface area contributed by atoms with Gasteiger partial charge >= 0.3 is 6.61 Å². The van der Waals surface area contributed by atoms with E-state index in [9.17, 15) is 17.6 Å². The first-order valence-electron chi connectivity index (χ1n) is 6.97. The summed E-state index contributed by atoms with van der Waals surface area (Å²) >= 11 is 6.08. The molecule has 1 heterocycles. The fourth-order valence-electron chi connectivity index (χ4n) is 2.34. The Morgan fingerprint density at radius 2 is 1.68 bits per heavy atom. The molecule has 3 rings (SSSR count). The summed E-state index contributed by atoms with van der Waals surface area (Å²) in [6.07, 6.45) is 0. The van der Waals surface area contributed by atoms with Gasteiger partial charge in [0.2, 0.25) is 0 Å². The number of hydrogen-bond donors (Lipinski definition) is 0. The van der Waals surface area contributed by atoms with E-state index < -0.39 is 18.2 Å². The second-order valence-corrected chi connectivity index (χ2v) is 5.43. The molecule has 0 atom stereocenters. The molecular formula is C16H10ClF4N3O. The Morgan fingerprint density at radius 3 is 2.32 bits per heavy atom. The minimum atomic E-state index is -3.00. The van der Waals surface area contributed by atoms with Crippen LogP contribution in [-0.2, 0) is 7.05 Å². The van der Waals surface area contributed by atoms with Crippen molar-refractivity contribution < 1.29 is 22.3 Å². The molecular weight excluding hydrogens is 362 g/mol. The summed E-state index contributed by atoms with van der Waals surface area (Å²) in [7, 11) is 1.48. The monoisotopic (exact) mass is 371 g/mol. The van der Waals surface area contributed by atoms with Gasteiger partial charge in [0.1, 0.15) is 17.4 Å². The van der Waals surface area contributed by atoms with Crippen LogP contribution in [0.3, 0.4) is 0 Å². The molecule has 130 valence electrons. The highest BCUT2D eigenvalue weighted by atomic mass is 35.5. The van der Waals surface area contributed by atoms with Crippen molar-refractivity contribution in [3.05, 3.63) is 53.1 Å². The highest BCUT2D eigenvalue weighted by Crippen LogP contribution is 2.33. The van der Waals surface area contributed by atoms with Gasteiger partial charge in [-0.2, -0.15) is 8.78 Å². The third-order valence-corrected chi connectivity index (χ3v) is 3.79. The fourth-order valence-corrected chi connectivity index (χ4v) is 2.55. The van der Waals surface area contributed by atoms with Crippen molar-refractivity contribution >= 4 is 11.6 Å². The van der Waals surface area contributed by atoms with Crippen LogP contribution in [0, 0.1) is 11.6 Å². The molecule has 0 aliphatic heterocycles. The van der Waals surface area contributed by atoms with E-state index in [-0.39, 0.29) is 33.5 Å². The molecule has 2 aromatic carbocycles. The van der Waals surface area contributed by atoms with Gasteiger partial charge < -0.3 is 9.30 Å². The minimum Gasteiger partial charge on any atom is -0.435 e. The van der Waals surface area contributed by atoms with Gasteiger partial charge in [-0.3, -0.25) is 0 Å². The highest BCUT2D eigenvalue weighted by Gasteiger charge is 2.21. The predicted molar refractivity (Wildman–Crippen MR) is 83.4 cm³/mol. The molecule has 0 amide bonds. The van der Waals surface area contributed by atoms with Crippen molar-refractivity contribution in [2.75, 3.05) is 0 Å². The molecule has 0 radical (unpaired) electrons. The van der Waals surface area contributed by atoms with E-state index in [0.717, 1.165) is 12.1 Å². The predicted octanol–water partition coefficient (Wildman–Crippen LogP) is 4.68. The zero-order valence-corrected chi connectivity index (χ0v) is 13.4. The largest absolute Gasteiger partial charge is 0.435 e. The van der Waals surface area contributed by atoms with E-state index in [0.29, 0.717) is 0 Å². The Kier molecular flexibility index (Phi) is 4.63. The summed E-state index contributed by atoms with van der Waals surface area (Å²) in [5, 5.41) is 7.87. The van der Waals surface area contributed by atoms with Gasteiger partial charge in [0.25, 0.3) is 0 Å². The van der Waals surface area contributed by atoms with Crippen LogP contribution < -0.4 is 4.74 Å². The van der Waals surface area contributed by atoms with Crippen molar-refractivity contribution in [1.29, 1.82) is 0 Å². The van der Waals surface area contributed by atoms with E-state index in [2.05, 4.69) is 14.9 Å². The van der Waals surface area contributed by atoms with Gasteiger partial charge in [-0.25, -0.2) is 8.78 Å². The van der Waals surface area contributed by atoms with E-state index in [1.165, 1.54) is 35.9 Å². The number of ether oxygens (including phenoxy) is 1. The number of alkyl halides is 2. The van der Waals surface area contributed by atoms with Crippen LogP contribution in [0.4, 0.5) is 17.6 Å². The number of rotatable bonds is 4. The van der Waals surface area contributed by atoms with Gasteiger partial charge in [-0.15, -0.1) is 10.2 Å². The standard InChI is InChI=1S/C16H10ClF4N3O/c1-24-14(9-7-8(25-16(20)21)5-6-10(9)17)22-23-15(24)13-11(18)3-2-4-12(13)19/h2-7,16H,1H3. The topological polar surface area (TPSA) is 39.9 Å². The second-order valence-electron chi connectivity index (χ2n) is 5.02. The molecule has 0 aliphatic rings. The highest BCUT2D eigenvalue weighted by molar-refractivity contribution is 6.33. The summed E-state index contributed by atoms with van der Waals surface area (Å²) in [5.41, 5.74) is -0.113. The molecule has 25 heavy (non-hydrogen) atoms. The molecule has 0 aliphatic carbocycles. The molecule has 0 fully saturated rings. The summed E-state index contributed by atoms with van der Waals surface area (Å²) < 4.78 is 58.3. The van der Waals surface area contributed by atoms with Crippen LogP contribution in [-0.4, -0.2) is 21.4 Å². The molecule has 0 saturated carbocycles. The Morgan fingerprint density at radius 1 is 1.04 bits per heavy atom. The number of aromatic nitrogens is 3. The molecule has 4 nitrogen and oxygen atoms in total. The van der Waals surface area contributed by atoms with Crippen LogP contribution >= 0.6 is 11.6 Å². The number of nitrogens with zero attached hydrogens (tertiary/aromatic N) is 3. The van der Waals surface area contributed by atoms with Gasteiger partial charge in [0, 0.05) is 12.6 Å². The normalized spacial score (nSPS) is 11.2. The minimum absolute atomic E-state index is 0.0677. The van der Waals surface area contributed by atoms with Gasteiger partial charge in [0.05, 0.1) is 10.6 Å². The van der Waals surface area contributed by atoms with E-state index in [1.807, 2.05) is 0 Å². The SMILES string of the molecule is Cn1c(-c2cc(OC(F)F)ccc2Cl)nnc1-c1c(F)cccc1F. The maximum atomic E-state index is 14.0. The lowest BCUT2D eigenvalue weighted by Gasteiger charge is -2.09. The zero-order chi connectivity index (χ0) is 18.1. The number of halogens is 5. The molecule has 3 aromatic rings. The van der Waals surface area contributed by atoms with E-state index in [4.69, 9.17) is 11.6 Å². The molecule has 0 saturated heterocycles. The average molecular weight is 372 g/mol. The van der Waals surface area contributed by atoms with Crippen LogP contribution in [0.2, 0.25) is 5.02 Å². The quantitative estimate of drug-likeness (QED) is 0.625. The molecule has 0 spiro atoms. The van der Waals surface area contributed by atoms with Crippen LogP contribution in [0.5, 0.6) is 5.75 Å². The van der Waals surface area contributed by atoms with Crippen LogP contribution in [0.15, 0.2) is 36.4 Å². The maximum absolute atomic E-state index is 14.0. The fraction of sp³-hybridized carbons (Fsp3) is 0.125. The first kappa shape index (κ1) is 17.2. The molecule has 0 N–H and O–H groups in total. The van der Waals surface area contributed by atoms with Crippen LogP contribution in [0.1, 0.15) is 0 Å².